The number of esters is 1. The highest BCUT2D eigenvalue weighted by molar-refractivity contribution is 6.30. The third kappa shape index (κ3) is 4.42. The molecule has 3 N–H and O–H groups in total. The molecule has 7 nitrogen and oxygen atoms in total. The first-order valence-corrected chi connectivity index (χ1v) is 9.42. The number of nitrogen functional groups attached to an aromatic ring is 1. The minimum atomic E-state index is -0.119. The number of ether oxygens (including phenoxy) is 1. The van der Waals surface area contributed by atoms with Crippen molar-refractivity contribution < 1.29 is 9.53 Å². The lowest BCUT2D eigenvalue weighted by Crippen LogP contribution is -2.37. The average molecular weight is 390 g/mol. The number of hydrogen-bond donors (Lipinski definition) is 2. The Balaban J connectivity index is 1.74. The van der Waals surface area contributed by atoms with Gasteiger partial charge in [0.05, 0.1) is 12.5 Å². The van der Waals surface area contributed by atoms with Gasteiger partial charge in [0.1, 0.15) is 12.0 Å². The summed E-state index contributed by atoms with van der Waals surface area (Å²) in [4.78, 5) is 22.6. The molecule has 0 saturated carbocycles. The number of carbonyl (C=O) groups is 1. The third-order valence-corrected chi connectivity index (χ3v) is 4.97. The van der Waals surface area contributed by atoms with E-state index in [0.29, 0.717) is 42.0 Å². The van der Waals surface area contributed by atoms with Gasteiger partial charge in [-0.3, -0.25) is 4.79 Å². The van der Waals surface area contributed by atoms with Crippen molar-refractivity contribution in [1.29, 1.82) is 0 Å². The molecule has 0 aliphatic carbocycles. The molecule has 2 aromatic rings. The SMILES string of the molecule is CCOC(=O)C1CCN(c2ncnc(Nc3cc(Cl)ccc3C)c2N)CC1. The lowest BCUT2D eigenvalue weighted by molar-refractivity contribution is -0.148. The zero-order valence-corrected chi connectivity index (χ0v) is 16.3. The van der Waals surface area contributed by atoms with Crippen molar-refractivity contribution >= 4 is 40.6 Å². The monoisotopic (exact) mass is 389 g/mol. The van der Waals surface area contributed by atoms with E-state index in [9.17, 15) is 4.79 Å². The molecule has 1 fully saturated rings. The summed E-state index contributed by atoms with van der Waals surface area (Å²) in [7, 11) is 0. The van der Waals surface area contributed by atoms with Crippen molar-refractivity contribution in [2.45, 2.75) is 26.7 Å². The topological polar surface area (TPSA) is 93.4 Å². The van der Waals surface area contributed by atoms with Crippen LogP contribution in [0.25, 0.3) is 0 Å². The molecule has 8 heteroatoms. The van der Waals surface area contributed by atoms with Crippen LogP contribution in [0.15, 0.2) is 24.5 Å². The van der Waals surface area contributed by atoms with Crippen LogP contribution in [0.2, 0.25) is 5.02 Å². The van der Waals surface area contributed by atoms with E-state index in [4.69, 9.17) is 22.1 Å². The van der Waals surface area contributed by atoms with Crippen LogP contribution in [-0.2, 0) is 9.53 Å². The Bertz CT molecular complexity index is 822. The number of nitrogens with zero attached hydrogens (tertiary/aromatic N) is 3. The van der Waals surface area contributed by atoms with Crippen LogP contribution in [0.5, 0.6) is 0 Å². The quantitative estimate of drug-likeness (QED) is 0.755. The first kappa shape index (κ1) is 19.2. The highest BCUT2D eigenvalue weighted by Gasteiger charge is 2.28. The fraction of sp³-hybridized carbons (Fsp3) is 0.421. The summed E-state index contributed by atoms with van der Waals surface area (Å²) in [5, 5.41) is 3.88. The minimum absolute atomic E-state index is 0.0593. The molecule has 1 aromatic heterocycles. The number of benzene rings is 1. The smallest absolute Gasteiger partial charge is 0.309 e. The molecular weight excluding hydrogens is 366 g/mol. The number of piperidine rings is 1. The summed E-state index contributed by atoms with van der Waals surface area (Å²) in [5.74, 6) is 1.04. The summed E-state index contributed by atoms with van der Waals surface area (Å²) >= 11 is 6.09. The van der Waals surface area contributed by atoms with E-state index in [1.807, 2.05) is 32.0 Å². The number of aryl methyl sites for hydroxylation is 1. The number of aromatic nitrogens is 2. The van der Waals surface area contributed by atoms with Gasteiger partial charge in [0.15, 0.2) is 11.6 Å². The van der Waals surface area contributed by atoms with Gasteiger partial charge in [0, 0.05) is 23.8 Å². The Kier molecular flexibility index (Phi) is 6.01. The number of anilines is 4. The van der Waals surface area contributed by atoms with Gasteiger partial charge in [-0.05, 0) is 44.4 Å². The molecule has 0 amide bonds. The fourth-order valence-corrected chi connectivity index (χ4v) is 3.35. The van der Waals surface area contributed by atoms with Crippen molar-refractivity contribution in [2.75, 3.05) is 35.6 Å². The Morgan fingerprint density at radius 3 is 2.81 bits per heavy atom. The van der Waals surface area contributed by atoms with Crippen molar-refractivity contribution in [1.82, 2.24) is 9.97 Å². The molecule has 0 atom stereocenters. The number of nitrogens with two attached hydrogens (primary N) is 1. The number of nitrogens with one attached hydrogen (secondary N) is 1. The van der Waals surface area contributed by atoms with Crippen LogP contribution in [0.4, 0.5) is 23.0 Å². The molecule has 27 heavy (non-hydrogen) atoms. The molecular formula is C19H24ClN5O2. The van der Waals surface area contributed by atoms with E-state index in [-0.39, 0.29) is 11.9 Å². The molecule has 1 aliphatic rings. The zero-order valence-electron chi connectivity index (χ0n) is 15.5. The molecule has 144 valence electrons. The summed E-state index contributed by atoms with van der Waals surface area (Å²) in [5.41, 5.74) is 8.70. The van der Waals surface area contributed by atoms with Gasteiger partial charge in [-0.2, -0.15) is 0 Å². The molecule has 1 aliphatic heterocycles. The molecule has 0 spiro atoms. The predicted octanol–water partition coefficient (Wildman–Crippen LogP) is 3.54. The van der Waals surface area contributed by atoms with Gasteiger partial charge in [0.2, 0.25) is 0 Å². The average Bonchev–Trinajstić information content (AvgIpc) is 2.67. The molecule has 2 heterocycles. The van der Waals surface area contributed by atoms with E-state index in [1.165, 1.54) is 6.33 Å². The van der Waals surface area contributed by atoms with Crippen LogP contribution in [-0.4, -0.2) is 35.6 Å². The summed E-state index contributed by atoms with van der Waals surface area (Å²) < 4.78 is 5.12. The maximum atomic E-state index is 11.9. The van der Waals surface area contributed by atoms with Crippen LogP contribution >= 0.6 is 11.6 Å². The maximum Gasteiger partial charge on any atom is 0.309 e. The van der Waals surface area contributed by atoms with Crippen LogP contribution in [0.1, 0.15) is 25.3 Å². The second-order valence-corrected chi connectivity index (χ2v) is 6.99. The second-order valence-electron chi connectivity index (χ2n) is 6.56. The largest absolute Gasteiger partial charge is 0.466 e. The van der Waals surface area contributed by atoms with E-state index in [0.717, 1.165) is 24.1 Å². The Morgan fingerprint density at radius 2 is 2.11 bits per heavy atom. The fourth-order valence-electron chi connectivity index (χ4n) is 3.18. The first-order chi connectivity index (χ1) is 13.0. The van der Waals surface area contributed by atoms with Gasteiger partial charge < -0.3 is 20.7 Å². The molecule has 0 radical (unpaired) electrons. The van der Waals surface area contributed by atoms with Crippen molar-refractivity contribution in [3.05, 3.63) is 35.1 Å². The summed E-state index contributed by atoms with van der Waals surface area (Å²) in [6.07, 6.45) is 2.93. The van der Waals surface area contributed by atoms with E-state index in [1.54, 1.807) is 0 Å². The Morgan fingerprint density at radius 1 is 1.37 bits per heavy atom. The van der Waals surface area contributed by atoms with Gasteiger partial charge in [-0.25, -0.2) is 9.97 Å². The Labute approximate surface area is 163 Å². The number of hydrogen-bond acceptors (Lipinski definition) is 7. The van der Waals surface area contributed by atoms with Gasteiger partial charge in [-0.1, -0.05) is 17.7 Å². The zero-order chi connectivity index (χ0) is 19.4. The van der Waals surface area contributed by atoms with Crippen LogP contribution < -0.4 is 16.0 Å². The van der Waals surface area contributed by atoms with Crippen molar-refractivity contribution in [3.63, 3.8) is 0 Å². The maximum absolute atomic E-state index is 11.9. The normalized spacial score (nSPS) is 14.9. The van der Waals surface area contributed by atoms with Gasteiger partial charge >= 0.3 is 5.97 Å². The standard InChI is InChI=1S/C19H24ClN5O2/c1-3-27-19(26)13-6-8-25(9-7-13)18-16(21)17(22-11-23-18)24-15-10-14(20)5-4-12(15)2/h4-5,10-11,13H,3,6-9,21H2,1-2H3,(H,22,23,24). The van der Waals surface area contributed by atoms with Crippen LogP contribution in [0, 0.1) is 12.8 Å². The van der Waals surface area contributed by atoms with E-state index < -0.39 is 0 Å². The lowest BCUT2D eigenvalue weighted by Gasteiger charge is -2.32. The highest BCUT2D eigenvalue weighted by atomic mass is 35.5. The van der Waals surface area contributed by atoms with E-state index >= 15 is 0 Å². The molecule has 3 rings (SSSR count). The first-order valence-electron chi connectivity index (χ1n) is 9.04. The molecule has 1 aromatic carbocycles. The highest BCUT2D eigenvalue weighted by Crippen LogP contribution is 2.32. The summed E-state index contributed by atoms with van der Waals surface area (Å²) in [6.45, 7) is 5.61. The number of halogens is 1. The second kappa shape index (κ2) is 8.43. The predicted molar refractivity (Wildman–Crippen MR) is 107 cm³/mol. The third-order valence-electron chi connectivity index (χ3n) is 4.73. The Hall–Kier alpha value is -2.54. The molecule has 0 unspecified atom stereocenters. The van der Waals surface area contributed by atoms with Gasteiger partial charge in [-0.15, -0.1) is 0 Å². The van der Waals surface area contributed by atoms with E-state index in [2.05, 4.69) is 20.2 Å². The molecule has 0 bridgehead atoms. The number of carbonyl (C=O) groups excluding carboxylic acids is 1. The van der Waals surface area contributed by atoms with Gasteiger partial charge in [0.25, 0.3) is 0 Å². The summed E-state index contributed by atoms with van der Waals surface area (Å²) in [6, 6.07) is 5.61. The van der Waals surface area contributed by atoms with Crippen molar-refractivity contribution in [2.24, 2.45) is 5.92 Å². The molecule has 1 saturated heterocycles. The number of rotatable bonds is 5. The lowest BCUT2D eigenvalue weighted by atomic mass is 9.97. The van der Waals surface area contributed by atoms with Crippen molar-refractivity contribution in [3.8, 4) is 0 Å². The minimum Gasteiger partial charge on any atom is -0.466 e. The van der Waals surface area contributed by atoms with Crippen LogP contribution in [0.3, 0.4) is 0 Å².